The number of piperidine rings is 1. The smallest absolute Gasteiger partial charge is 0.228 e. The summed E-state index contributed by atoms with van der Waals surface area (Å²) in [6, 6.07) is 6.58. The molecule has 144 valence electrons. The molecule has 2 fully saturated rings. The summed E-state index contributed by atoms with van der Waals surface area (Å²) >= 11 is 1.55. The van der Waals surface area contributed by atoms with Crippen molar-refractivity contribution in [3.05, 3.63) is 34.9 Å². The highest BCUT2D eigenvalue weighted by atomic mass is 32.2. The quantitative estimate of drug-likeness (QED) is 0.539. The van der Waals surface area contributed by atoms with E-state index in [-0.39, 0.29) is 11.0 Å². The number of carbonyl (C=O) groups is 1. The Balaban J connectivity index is 1.56. The van der Waals surface area contributed by atoms with E-state index in [1.165, 1.54) is 32.1 Å². The standard InChI is InChI=1S/C21H28N4OS/c1-14-7-8-15(2)18(13-14)19(26)16(3)27-21-23-22-20(25(21)17-9-10-17)24-11-5-4-6-12-24/h7-8,13,16-17H,4-6,9-12H2,1-3H3. The summed E-state index contributed by atoms with van der Waals surface area (Å²) in [5.41, 5.74) is 2.98. The van der Waals surface area contributed by atoms with E-state index < -0.39 is 0 Å². The van der Waals surface area contributed by atoms with E-state index in [4.69, 9.17) is 0 Å². The molecule has 1 aromatic heterocycles. The van der Waals surface area contributed by atoms with Gasteiger partial charge in [0.2, 0.25) is 5.95 Å². The topological polar surface area (TPSA) is 51.0 Å². The van der Waals surface area contributed by atoms with E-state index in [2.05, 4.69) is 25.7 Å². The van der Waals surface area contributed by atoms with Crippen LogP contribution in [0.4, 0.5) is 5.95 Å². The molecule has 0 N–H and O–H groups in total. The summed E-state index contributed by atoms with van der Waals surface area (Å²) in [5.74, 6) is 1.18. The normalized spacial score (nSPS) is 18.6. The molecule has 1 aliphatic heterocycles. The highest BCUT2D eigenvalue weighted by molar-refractivity contribution is 8.00. The minimum Gasteiger partial charge on any atom is -0.341 e. The van der Waals surface area contributed by atoms with Gasteiger partial charge in [0.05, 0.1) is 5.25 Å². The first-order valence-electron chi connectivity index (χ1n) is 10.0. The molecule has 1 aromatic carbocycles. The van der Waals surface area contributed by atoms with Crippen molar-refractivity contribution in [2.24, 2.45) is 0 Å². The first-order valence-corrected chi connectivity index (χ1v) is 10.9. The van der Waals surface area contributed by atoms with Gasteiger partial charge in [-0.1, -0.05) is 29.5 Å². The van der Waals surface area contributed by atoms with Crippen molar-refractivity contribution < 1.29 is 4.79 Å². The van der Waals surface area contributed by atoms with E-state index in [0.717, 1.165) is 40.9 Å². The van der Waals surface area contributed by atoms with Gasteiger partial charge >= 0.3 is 0 Å². The van der Waals surface area contributed by atoms with Crippen LogP contribution in [0.25, 0.3) is 0 Å². The second kappa shape index (κ2) is 7.66. The Bertz CT molecular complexity index is 837. The average molecular weight is 385 g/mol. The third kappa shape index (κ3) is 3.91. The van der Waals surface area contributed by atoms with Gasteiger partial charge in [-0.05, 0) is 64.5 Å². The van der Waals surface area contributed by atoms with Crippen LogP contribution < -0.4 is 4.90 Å². The predicted molar refractivity (Wildman–Crippen MR) is 110 cm³/mol. The Morgan fingerprint density at radius 2 is 1.89 bits per heavy atom. The fraction of sp³-hybridized carbons (Fsp3) is 0.571. The number of ketones is 1. The third-order valence-electron chi connectivity index (χ3n) is 5.51. The number of hydrogen-bond acceptors (Lipinski definition) is 5. The van der Waals surface area contributed by atoms with Gasteiger partial charge in [0.1, 0.15) is 0 Å². The molecule has 5 nitrogen and oxygen atoms in total. The van der Waals surface area contributed by atoms with Crippen LogP contribution in [0.3, 0.4) is 0 Å². The van der Waals surface area contributed by atoms with Gasteiger partial charge in [0, 0.05) is 24.7 Å². The lowest BCUT2D eigenvalue weighted by Crippen LogP contribution is -2.32. The highest BCUT2D eigenvalue weighted by Gasteiger charge is 2.33. The molecule has 0 bridgehead atoms. The molecular formula is C21H28N4OS. The summed E-state index contributed by atoms with van der Waals surface area (Å²) < 4.78 is 2.29. The van der Waals surface area contributed by atoms with Crippen molar-refractivity contribution >= 4 is 23.5 Å². The van der Waals surface area contributed by atoms with Gasteiger partial charge in [-0.2, -0.15) is 0 Å². The molecule has 2 aliphatic rings. The number of nitrogens with zero attached hydrogens (tertiary/aromatic N) is 4. The molecule has 2 heterocycles. The number of benzene rings is 1. The monoisotopic (exact) mass is 384 g/mol. The lowest BCUT2D eigenvalue weighted by molar-refractivity contribution is 0.0993. The molecule has 1 saturated carbocycles. The van der Waals surface area contributed by atoms with Gasteiger partial charge in [-0.3, -0.25) is 9.36 Å². The lowest BCUT2D eigenvalue weighted by atomic mass is 10.0. The van der Waals surface area contributed by atoms with E-state index in [9.17, 15) is 4.79 Å². The Kier molecular flexibility index (Phi) is 5.26. The second-order valence-corrected chi connectivity index (χ2v) is 9.18. The highest BCUT2D eigenvalue weighted by Crippen LogP contribution is 2.42. The first kappa shape index (κ1) is 18.5. The molecule has 1 atom stereocenters. The minimum absolute atomic E-state index is 0.172. The van der Waals surface area contributed by atoms with E-state index in [1.54, 1.807) is 11.8 Å². The summed E-state index contributed by atoms with van der Waals surface area (Å²) in [6.07, 6.45) is 6.12. The number of aromatic nitrogens is 3. The predicted octanol–water partition coefficient (Wildman–Crippen LogP) is 4.58. The third-order valence-corrected chi connectivity index (χ3v) is 6.56. The summed E-state index contributed by atoms with van der Waals surface area (Å²) in [6.45, 7) is 8.15. The van der Waals surface area contributed by atoms with Crippen molar-refractivity contribution in [1.29, 1.82) is 0 Å². The molecular weight excluding hydrogens is 356 g/mol. The zero-order chi connectivity index (χ0) is 19.0. The molecule has 0 spiro atoms. The van der Waals surface area contributed by atoms with Crippen molar-refractivity contribution in [1.82, 2.24) is 14.8 Å². The van der Waals surface area contributed by atoms with Gasteiger partial charge in [0.25, 0.3) is 0 Å². The van der Waals surface area contributed by atoms with Crippen molar-refractivity contribution in [3.63, 3.8) is 0 Å². The van der Waals surface area contributed by atoms with Crippen molar-refractivity contribution in [2.75, 3.05) is 18.0 Å². The Labute approximate surface area is 165 Å². The Morgan fingerprint density at radius 1 is 1.15 bits per heavy atom. The van der Waals surface area contributed by atoms with Gasteiger partial charge in [-0.25, -0.2) is 0 Å². The maximum atomic E-state index is 13.0. The number of thioether (sulfide) groups is 1. The zero-order valence-corrected chi connectivity index (χ0v) is 17.3. The average Bonchev–Trinajstić information content (AvgIpc) is 3.44. The molecule has 0 radical (unpaired) electrons. The van der Waals surface area contributed by atoms with Crippen LogP contribution in [-0.4, -0.2) is 38.9 Å². The van der Waals surface area contributed by atoms with Crippen LogP contribution in [0.15, 0.2) is 23.4 Å². The van der Waals surface area contributed by atoms with E-state index in [1.807, 2.05) is 32.9 Å². The minimum atomic E-state index is -0.179. The Morgan fingerprint density at radius 3 is 2.59 bits per heavy atom. The van der Waals surface area contributed by atoms with Gasteiger partial charge in [-0.15, -0.1) is 10.2 Å². The molecule has 0 amide bonds. The summed E-state index contributed by atoms with van der Waals surface area (Å²) in [5, 5.41) is 9.73. The second-order valence-electron chi connectivity index (χ2n) is 7.87. The number of rotatable bonds is 6. The molecule has 6 heteroatoms. The summed E-state index contributed by atoms with van der Waals surface area (Å²) in [4.78, 5) is 15.4. The zero-order valence-electron chi connectivity index (χ0n) is 16.4. The number of anilines is 1. The molecule has 1 aliphatic carbocycles. The fourth-order valence-corrected chi connectivity index (χ4v) is 4.73. The lowest BCUT2D eigenvalue weighted by Gasteiger charge is -2.28. The van der Waals surface area contributed by atoms with Crippen LogP contribution in [0.2, 0.25) is 0 Å². The number of hydrogen-bond donors (Lipinski definition) is 0. The van der Waals surface area contributed by atoms with Crippen LogP contribution in [0.5, 0.6) is 0 Å². The summed E-state index contributed by atoms with van der Waals surface area (Å²) in [7, 11) is 0. The van der Waals surface area contributed by atoms with Gasteiger partial charge < -0.3 is 4.90 Å². The fourth-order valence-electron chi connectivity index (χ4n) is 3.74. The van der Waals surface area contributed by atoms with Crippen molar-refractivity contribution in [2.45, 2.75) is 69.3 Å². The largest absolute Gasteiger partial charge is 0.341 e. The van der Waals surface area contributed by atoms with E-state index >= 15 is 0 Å². The van der Waals surface area contributed by atoms with Crippen LogP contribution in [0, 0.1) is 13.8 Å². The van der Waals surface area contributed by atoms with Crippen molar-refractivity contribution in [3.8, 4) is 0 Å². The van der Waals surface area contributed by atoms with E-state index in [0.29, 0.717) is 6.04 Å². The molecule has 4 rings (SSSR count). The van der Waals surface area contributed by atoms with Crippen LogP contribution in [-0.2, 0) is 0 Å². The SMILES string of the molecule is Cc1ccc(C)c(C(=O)C(C)Sc2nnc(N3CCCCC3)n2C2CC2)c1. The van der Waals surface area contributed by atoms with Crippen LogP contribution >= 0.6 is 11.8 Å². The molecule has 1 unspecified atom stereocenters. The maximum absolute atomic E-state index is 13.0. The van der Waals surface area contributed by atoms with Crippen LogP contribution in [0.1, 0.15) is 66.6 Å². The first-order chi connectivity index (χ1) is 13.0. The molecule has 27 heavy (non-hydrogen) atoms. The molecule has 1 saturated heterocycles. The maximum Gasteiger partial charge on any atom is 0.228 e. The Hall–Kier alpha value is -1.82. The molecule has 2 aromatic rings. The number of carbonyl (C=O) groups excluding carboxylic acids is 1. The van der Waals surface area contributed by atoms with Gasteiger partial charge in [0.15, 0.2) is 10.9 Å². The number of aryl methyl sites for hydroxylation is 2. The number of Topliss-reactive ketones (excluding diaryl/α,β-unsaturated/α-hetero) is 1.